The molecule has 0 amide bonds. The summed E-state index contributed by atoms with van der Waals surface area (Å²) in [7, 11) is 0. The molecule has 2 aromatic carbocycles. The largest absolute Gasteiger partial charge is 0.507 e. The van der Waals surface area contributed by atoms with Gasteiger partial charge in [0.15, 0.2) is 0 Å². The van der Waals surface area contributed by atoms with Crippen molar-refractivity contribution in [3.63, 3.8) is 0 Å². The highest BCUT2D eigenvalue weighted by Crippen LogP contribution is 2.33. The van der Waals surface area contributed by atoms with Gasteiger partial charge in [-0.25, -0.2) is 0 Å². The van der Waals surface area contributed by atoms with E-state index >= 15 is 0 Å². The van der Waals surface area contributed by atoms with Crippen LogP contribution in [0.25, 0.3) is 0 Å². The highest BCUT2D eigenvalue weighted by atomic mass is 16.3. The normalized spacial score (nSPS) is 14.9. The first kappa shape index (κ1) is 15.8. The molecule has 1 aliphatic rings. The van der Waals surface area contributed by atoms with Gasteiger partial charge in [-0.3, -0.25) is 4.99 Å². The van der Waals surface area contributed by atoms with Gasteiger partial charge >= 0.3 is 0 Å². The summed E-state index contributed by atoms with van der Waals surface area (Å²) >= 11 is 0. The van der Waals surface area contributed by atoms with E-state index in [4.69, 9.17) is 0 Å². The van der Waals surface area contributed by atoms with Crippen molar-refractivity contribution in [3.8, 4) is 5.75 Å². The van der Waals surface area contributed by atoms with Gasteiger partial charge in [-0.15, -0.1) is 0 Å². The maximum Gasteiger partial charge on any atom is 0.128 e. The summed E-state index contributed by atoms with van der Waals surface area (Å²) in [5.74, 6) is 0.341. The summed E-state index contributed by atoms with van der Waals surface area (Å²) in [5.41, 5.74) is 5.50. The van der Waals surface area contributed by atoms with Crippen LogP contribution in [0.3, 0.4) is 0 Å². The fourth-order valence-electron chi connectivity index (χ4n) is 3.29. The van der Waals surface area contributed by atoms with Crippen molar-refractivity contribution in [3.05, 3.63) is 58.7 Å². The topological polar surface area (TPSA) is 32.6 Å². The number of hydrogen-bond acceptors (Lipinski definition) is 2. The van der Waals surface area contributed by atoms with Gasteiger partial charge in [-0.1, -0.05) is 45.0 Å². The first-order valence-electron chi connectivity index (χ1n) is 8.44. The minimum atomic E-state index is -0.0835. The van der Waals surface area contributed by atoms with E-state index in [2.05, 4.69) is 44.0 Å². The number of aryl methyl sites for hydroxylation is 1. The van der Waals surface area contributed by atoms with Gasteiger partial charge in [0.05, 0.1) is 5.69 Å². The third-order valence-electron chi connectivity index (χ3n) is 4.59. The van der Waals surface area contributed by atoms with E-state index in [0.29, 0.717) is 5.75 Å². The second kappa shape index (κ2) is 6.19. The van der Waals surface area contributed by atoms with Crippen LogP contribution in [-0.2, 0) is 18.3 Å². The molecule has 23 heavy (non-hydrogen) atoms. The lowest BCUT2D eigenvalue weighted by molar-refractivity contribution is 0.446. The van der Waals surface area contributed by atoms with E-state index in [-0.39, 0.29) is 5.41 Å². The zero-order valence-corrected chi connectivity index (χ0v) is 14.3. The molecule has 120 valence electrons. The Kier molecular flexibility index (Phi) is 4.25. The summed E-state index contributed by atoms with van der Waals surface area (Å²) in [6, 6.07) is 12.3. The number of rotatable bonds is 2. The maximum atomic E-state index is 10.5. The summed E-state index contributed by atoms with van der Waals surface area (Å²) < 4.78 is 0. The molecule has 0 saturated heterocycles. The fourth-order valence-corrected chi connectivity index (χ4v) is 3.29. The second-order valence-electron chi connectivity index (χ2n) is 7.37. The zero-order chi connectivity index (χ0) is 16.4. The summed E-state index contributed by atoms with van der Waals surface area (Å²) in [5, 5.41) is 10.5. The number of fused-ring (bicyclic) bond motifs is 1. The summed E-state index contributed by atoms with van der Waals surface area (Å²) in [6.07, 6.45) is 6.58. The highest BCUT2D eigenvalue weighted by molar-refractivity contribution is 5.86. The second-order valence-corrected chi connectivity index (χ2v) is 7.37. The third kappa shape index (κ3) is 3.31. The van der Waals surface area contributed by atoms with Crippen molar-refractivity contribution in [1.82, 2.24) is 0 Å². The van der Waals surface area contributed by atoms with Crippen LogP contribution in [0.4, 0.5) is 5.69 Å². The number of para-hydroxylation sites is 1. The molecule has 0 saturated carbocycles. The Balaban J connectivity index is 1.96. The van der Waals surface area contributed by atoms with Crippen molar-refractivity contribution >= 4 is 11.9 Å². The predicted octanol–water partition coefficient (Wildman–Crippen LogP) is 5.32. The Morgan fingerprint density at radius 1 is 1.00 bits per heavy atom. The molecule has 0 atom stereocenters. The summed E-state index contributed by atoms with van der Waals surface area (Å²) in [4.78, 5) is 4.69. The minimum absolute atomic E-state index is 0.0835. The van der Waals surface area contributed by atoms with E-state index < -0.39 is 0 Å². The average Bonchev–Trinajstić information content (AvgIpc) is 2.53. The molecule has 2 heteroatoms. The van der Waals surface area contributed by atoms with Gasteiger partial charge in [-0.05, 0) is 59.9 Å². The predicted molar refractivity (Wildman–Crippen MR) is 97.1 cm³/mol. The van der Waals surface area contributed by atoms with E-state index in [1.54, 1.807) is 6.21 Å². The van der Waals surface area contributed by atoms with E-state index in [9.17, 15) is 5.11 Å². The molecule has 3 rings (SSSR count). The molecule has 0 heterocycles. The average molecular weight is 307 g/mol. The molecule has 1 aliphatic carbocycles. The minimum Gasteiger partial charge on any atom is -0.507 e. The van der Waals surface area contributed by atoms with Crippen LogP contribution < -0.4 is 0 Å². The van der Waals surface area contributed by atoms with Gasteiger partial charge in [0.1, 0.15) is 5.75 Å². The molecule has 0 aromatic heterocycles. The fraction of sp³-hybridized carbons (Fsp3) is 0.381. The number of aliphatic imine (C=N–C) groups is 1. The first-order chi connectivity index (χ1) is 11.0. The first-order valence-corrected chi connectivity index (χ1v) is 8.44. The molecular formula is C21H25NO. The van der Waals surface area contributed by atoms with Gasteiger partial charge in [0, 0.05) is 11.8 Å². The quantitative estimate of drug-likeness (QED) is 0.748. The molecule has 2 nitrogen and oxygen atoms in total. The Bertz CT molecular complexity index is 738. The van der Waals surface area contributed by atoms with Gasteiger partial charge in [0.25, 0.3) is 0 Å². The number of aromatic hydroxyl groups is 1. The lowest BCUT2D eigenvalue weighted by atomic mass is 9.85. The Hall–Kier alpha value is -2.09. The number of phenols is 1. The van der Waals surface area contributed by atoms with Gasteiger partial charge < -0.3 is 5.11 Å². The van der Waals surface area contributed by atoms with Crippen LogP contribution in [0.5, 0.6) is 5.75 Å². The molecule has 0 unspecified atom stereocenters. The van der Waals surface area contributed by atoms with Gasteiger partial charge in [0.2, 0.25) is 0 Å². The van der Waals surface area contributed by atoms with Crippen LogP contribution in [0.1, 0.15) is 55.9 Å². The van der Waals surface area contributed by atoms with Crippen LogP contribution >= 0.6 is 0 Å². The number of hydrogen-bond donors (Lipinski definition) is 1. The number of phenolic OH excluding ortho intramolecular Hbond substituents is 1. The standard InChI is InChI=1S/C21H25NO/c1-21(2,3)18-12-6-10-16(20(18)23)14-22-19-13-7-9-15-8-4-5-11-17(15)19/h6-7,9-10,12-14,23H,4-5,8,11H2,1-3H3. The van der Waals surface area contributed by atoms with Crippen molar-refractivity contribution < 1.29 is 5.11 Å². The van der Waals surface area contributed by atoms with Crippen LogP contribution in [0, 0.1) is 0 Å². The Labute approximate surface area is 138 Å². The van der Waals surface area contributed by atoms with Crippen molar-refractivity contribution in [1.29, 1.82) is 0 Å². The van der Waals surface area contributed by atoms with E-state index in [0.717, 1.165) is 29.7 Å². The van der Waals surface area contributed by atoms with Gasteiger partial charge in [-0.2, -0.15) is 0 Å². The van der Waals surface area contributed by atoms with E-state index in [1.807, 2.05) is 18.2 Å². The molecule has 0 fully saturated rings. The molecular weight excluding hydrogens is 282 g/mol. The van der Waals surface area contributed by atoms with Crippen molar-refractivity contribution in [2.24, 2.45) is 4.99 Å². The monoisotopic (exact) mass is 307 g/mol. The Morgan fingerprint density at radius 2 is 1.74 bits per heavy atom. The number of nitrogens with zero attached hydrogens (tertiary/aromatic N) is 1. The molecule has 2 aromatic rings. The van der Waals surface area contributed by atoms with Crippen molar-refractivity contribution in [2.45, 2.75) is 51.9 Å². The SMILES string of the molecule is CC(C)(C)c1cccc(C=Nc2cccc3c2CCCC3)c1O. The molecule has 0 spiro atoms. The van der Waals surface area contributed by atoms with Crippen LogP contribution in [0.2, 0.25) is 0 Å². The lowest BCUT2D eigenvalue weighted by Gasteiger charge is -2.21. The zero-order valence-electron chi connectivity index (χ0n) is 14.3. The summed E-state index contributed by atoms with van der Waals surface area (Å²) in [6.45, 7) is 6.32. The van der Waals surface area contributed by atoms with Crippen LogP contribution in [-0.4, -0.2) is 11.3 Å². The Morgan fingerprint density at radius 3 is 2.52 bits per heavy atom. The maximum absolute atomic E-state index is 10.5. The van der Waals surface area contributed by atoms with Crippen molar-refractivity contribution in [2.75, 3.05) is 0 Å². The number of benzene rings is 2. The molecule has 0 radical (unpaired) electrons. The van der Waals surface area contributed by atoms with Crippen LogP contribution in [0.15, 0.2) is 41.4 Å². The highest BCUT2D eigenvalue weighted by Gasteiger charge is 2.19. The molecule has 1 N–H and O–H groups in total. The van der Waals surface area contributed by atoms with E-state index in [1.165, 1.54) is 24.0 Å². The lowest BCUT2D eigenvalue weighted by Crippen LogP contribution is -2.11. The smallest absolute Gasteiger partial charge is 0.128 e. The molecule has 0 aliphatic heterocycles. The molecule has 0 bridgehead atoms. The third-order valence-corrected chi connectivity index (χ3v) is 4.59.